The number of hydrogen-bond donors (Lipinski definition) is 0. The molecular weight excluding hydrogens is 469 g/mol. The van der Waals surface area contributed by atoms with Gasteiger partial charge in [-0.3, -0.25) is 9.69 Å². The second kappa shape index (κ2) is 9.65. The van der Waals surface area contributed by atoms with Crippen molar-refractivity contribution in [1.82, 2.24) is 24.8 Å². The van der Waals surface area contributed by atoms with Gasteiger partial charge >= 0.3 is 6.18 Å². The molecule has 2 aromatic heterocycles. The van der Waals surface area contributed by atoms with Crippen molar-refractivity contribution in [3.63, 3.8) is 0 Å². The molecule has 2 fully saturated rings. The summed E-state index contributed by atoms with van der Waals surface area (Å²) >= 11 is 6.17. The van der Waals surface area contributed by atoms with E-state index < -0.39 is 11.7 Å². The number of piperidine rings is 1. The first-order valence-electron chi connectivity index (χ1n) is 11.4. The molecule has 0 radical (unpaired) electrons. The van der Waals surface area contributed by atoms with Crippen molar-refractivity contribution in [3.8, 4) is 0 Å². The minimum atomic E-state index is -4.47. The summed E-state index contributed by atoms with van der Waals surface area (Å²) < 4.78 is 38.8. The van der Waals surface area contributed by atoms with Crippen LogP contribution in [0.25, 0.3) is 0 Å². The highest BCUT2D eigenvalue weighted by molar-refractivity contribution is 6.33. The third-order valence-corrected chi connectivity index (χ3v) is 7.07. The van der Waals surface area contributed by atoms with E-state index in [0.29, 0.717) is 48.4 Å². The van der Waals surface area contributed by atoms with Crippen LogP contribution >= 0.6 is 11.6 Å². The molecule has 2 aromatic rings. The number of likely N-dealkylation sites (tertiary alicyclic amines) is 1. The summed E-state index contributed by atoms with van der Waals surface area (Å²) in [7, 11) is 0. The predicted molar refractivity (Wildman–Crippen MR) is 123 cm³/mol. The van der Waals surface area contributed by atoms with Gasteiger partial charge in [0.1, 0.15) is 12.1 Å². The molecule has 0 saturated carbocycles. The number of pyridine rings is 1. The number of amides is 1. The summed E-state index contributed by atoms with van der Waals surface area (Å²) in [5.41, 5.74) is 1.13. The smallest absolute Gasteiger partial charge is 0.350 e. The Hall–Kier alpha value is -2.46. The van der Waals surface area contributed by atoms with E-state index in [4.69, 9.17) is 11.6 Å². The molecule has 1 amide bonds. The summed E-state index contributed by atoms with van der Waals surface area (Å²) in [5.74, 6) is 0.369. The number of rotatable bonds is 3. The third-order valence-electron chi connectivity index (χ3n) is 6.79. The Morgan fingerprint density at radius 2 is 1.71 bits per heavy atom. The second-order valence-corrected chi connectivity index (χ2v) is 9.41. The van der Waals surface area contributed by atoms with Crippen LogP contribution in [-0.2, 0) is 6.18 Å². The van der Waals surface area contributed by atoms with Gasteiger partial charge in [0.15, 0.2) is 0 Å². The SMILES string of the molecule is Cc1ncnc(C)c1C(=O)N1CCC(N2CCN(c3ncc(C(F)(F)F)cc3Cl)[C@H](C)C2)CC1. The average molecular weight is 497 g/mol. The third kappa shape index (κ3) is 4.98. The number of aryl methyl sites for hydroxylation is 2. The van der Waals surface area contributed by atoms with Gasteiger partial charge in [-0.05, 0) is 39.7 Å². The molecule has 0 N–H and O–H groups in total. The molecular formula is C23H28ClF3N6O. The lowest BCUT2D eigenvalue weighted by Gasteiger charge is -2.46. The van der Waals surface area contributed by atoms with E-state index in [1.165, 1.54) is 6.33 Å². The number of alkyl halides is 3. The maximum absolute atomic E-state index is 13.0. The predicted octanol–water partition coefficient (Wildman–Crippen LogP) is 3.98. The van der Waals surface area contributed by atoms with Crippen LogP contribution in [0.5, 0.6) is 0 Å². The molecule has 0 aromatic carbocycles. The Bertz CT molecular complexity index is 1040. The number of aromatic nitrogens is 3. The van der Waals surface area contributed by atoms with Crippen molar-refractivity contribution in [2.75, 3.05) is 37.6 Å². The Kier molecular flexibility index (Phi) is 7.00. The van der Waals surface area contributed by atoms with Crippen molar-refractivity contribution < 1.29 is 18.0 Å². The Labute approximate surface area is 201 Å². The van der Waals surface area contributed by atoms with Gasteiger partial charge in [-0.15, -0.1) is 0 Å². The first-order valence-corrected chi connectivity index (χ1v) is 11.7. The fraction of sp³-hybridized carbons (Fsp3) is 0.565. The van der Waals surface area contributed by atoms with Gasteiger partial charge in [-0.2, -0.15) is 13.2 Å². The molecule has 4 heterocycles. The van der Waals surface area contributed by atoms with Crippen molar-refractivity contribution >= 4 is 23.3 Å². The zero-order valence-corrected chi connectivity index (χ0v) is 20.2. The molecule has 0 spiro atoms. The first-order chi connectivity index (χ1) is 16.1. The number of carbonyl (C=O) groups excluding carboxylic acids is 1. The first kappa shape index (κ1) is 24.7. The summed E-state index contributed by atoms with van der Waals surface area (Å²) in [6, 6.07) is 1.33. The summed E-state index contributed by atoms with van der Waals surface area (Å²) in [6.07, 6.45) is -0.427. The molecule has 7 nitrogen and oxygen atoms in total. The number of anilines is 1. The van der Waals surface area contributed by atoms with Crippen LogP contribution in [0.1, 0.15) is 47.1 Å². The molecule has 184 valence electrons. The van der Waals surface area contributed by atoms with Crippen LogP contribution in [0, 0.1) is 13.8 Å². The number of carbonyl (C=O) groups is 1. The van der Waals surface area contributed by atoms with Crippen LogP contribution in [-0.4, -0.2) is 75.5 Å². The largest absolute Gasteiger partial charge is 0.417 e. The van der Waals surface area contributed by atoms with Gasteiger partial charge in [0.25, 0.3) is 5.91 Å². The van der Waals surface area contributed by atoms with Gasteiger partial charge in [0, 0.05) is 51.0 Å². The Morgan fingerprint density at radius 1 is 1.06 bits per heavy atom. The molecule has 4 rings (SSSR count). The van der Waals surface area contributed by atoms with Gasteiger partial charge < -0.3 is 9.80 Å². The van der Waals surface area contributed by atoms with E-state index in [0.717, 1.165) is 38.2 Å². The summed E-state index contributed by atoms with van der Waals surface area (Å²) in [5, 5.41) is 0.0115. The van der Waals surface area contributed by atoms with Gasteiger partial charge in [0.05, 0.1) is 27.5 Å². The average Bonchev–Trinajstić information content (AvgIpc) is 2.78. The monoisotopic (exact) mass is 496 g/mol. The minimum absolute atomic E-state index is 0.0115. The van der Waals surface area contributed by atoms with Crippen molar-refractivity contribution in [2.45, 2.75) is 51.9 Å². The minimum Gasteiger partial charge on any atom is -0.350 e. The zero-order chi connectivity index (χ0) is 24.6. The molecule has 2 aliphatic rings. The van der Waals surface area contributed by atoms with Crippen LogP contribution in [0.3, 0.4) is 0 Å². The van der Waals surface area contributed by atoms with Crippen LogP contribution < -0.4 is 4.90 Å². The van der Waals surface area contributed by atoms with Gasteiger partial charge in [-0.1, -0.05) is 11.6 Å². The Balaban J connectivity index is 1.36. The highest BCUT2D eigenvalue weighted by atomic mass is 35.5. The zero-order valence-electron chi connectivity index (χ0n) is 19.4. The Morgan fingerprint density at radius 3 is 2.26 bits per heavy atom. The quantitative estimate of drug-likeness (QED) is 0.640. The lowest BCUT2D eigenvalue weighted by Crippen LogP contribution is -2.57. The molecule has 0 unspecified atom stereocenters. The lowest BCUT2D eigenvalue weighted by molar-refractivity contribution is -0.137. The summed E-state index contributed by atoms with van der Waals surface area (Å²) in [4.78, 5) is 31.6. The number of piperazine rings is 1. The molecule has 1 atom stereocenters. The topological polar surface area (TPSA) is 65.5 Å². The van der Waals surface area contributed by atoms with Gasteiger partial charge in [-0.25, -0.2) is 15.0 Å². The number of halogens is 4. The van der Waals surface area contributed by atoms with Crippen LogP contribution in [0.2, 0.25) is 5.02 Å². The highest BCUT2D eigenvalue weighted by Gasteiger charge is 2.35. The van der Waals surface area contributed by atoms with E-state index >= 15 is 0 Å². The van der Waals surface area contributed by atoms with E-state index in [1.54, 1.807) is 0 Å². The number of hydrogen-bond acceptors (Lipinski definition) is 6. The van der Waals surface area contributed by atoms with Crippen molar-refractivity contribution in [1.29, 1.82) is 0 Å². The lowest BCUT2D eigenvalue weighted by atomic mass is 9.99. The maximum Gasteiger partial charge on any atom is 0.417 e. The maximum atomic E-state index is 13.0. The fourth-order valence-electron chi connectivity index (χ4n) is 4.92. The molecule has 2 saturated heterocycles. The van der Waals surface area contributed by atoms with Gasteiger partial charge in [0.2, 0.25) is 0 Å². The van der Waals surface area contributed by atoms with E-state index in [2.05, 4.69) is 19.9 Å². The van der Waals surface area contributed by atoms with E-state index in [1.807, 2.05) is 30.6 Å². The normalized spacial score (nSPS) is 20.6. The molecule has 2 aliphatic heterocycles. The molecule has 11 heteroatoms. The van der Waals surface area contributed by atoms with E-state index in [-0.39, 0.29) is 17.0 Å². The summed E-state index contributed by atoms with van der Waals surface area (Å²) in [6.45, 7) is 9.14. The van der Waals surface area contributed by atoms with Crippen molar-refractivity contribution in [3.05, 3.63) is 46.1 Å². The fourth-order valence-corrected chi connectivity index (χ4v) is 5.20. The number of nitrogens with zero attached hydrogens (tertiary/aromatic N) is 6. The highest BCUT2D eigenvalue weighted by Crippen LogP contribution is 2.35. The van der Waals surface area contributed by atoms with E-state index in [9.17, 15) is 18.0 Å². The van der Waals surface area contributed by atoms with Crippen LogP contribution in [0.15, 0.2) is 18.6 Å². The molecule has 34 heavy (non-hydrogen) atoms. The molecule has 0 aliphatic carbocycles. The molecule has 0 bridgehead atoms. The second-order valence-electron chi connectivity index (χ2n) is 9.01. The van der Waals surface area contributed by atoms with Crippen molar-refractivity contribution in [2.24, 2.45) is 0 Å². The standard InChI is InChI=1S/C23H28ClF3N6O/c1-14-12-32(8-9-33(14)21-19(24)10-17(11-28-21)23(25,26)27)18-4-6-31(7-5-18)22(34)20-15(2)29-13-30-16(20)3/h10-11,13-14,18H,4-9,12H2,1-3H3/t14-/m1/s1. The van der Waals surface area contributed by atoms with Crippen LogP contribution in [0.4, 0.5) is 19.0 Å².